The summed E-state index contributed by atoms with van der Waals surface area (Å²) in [4.78, 5) is 12.9. The van der Waals surface area contributed by atoms with Gasteiger partial charge in [0.1, 0.15) is 0 Å². The Morgan fingerprint density at radius 1 is 0.667 bits per heavy atom. The van der Waals surface area contributed by atoms with Gasteiger partial charge in [-0.25, -0.2) is 0 Å². The summed E-state index contributed by atoms with van der Waals surface area (Å²) in [5, 5.41) is 12.8. The third-order valence-electron chi connectivity index (χ3n) is 18.9. The molecule has 0 heterocycles. The van der Waals surface area contributed by atoms with E-state index in [0.29, 0.717) is 53.8 Å². The van der Waals surface area contributed by atoms with E-state index in [1.165, 1.54) is 16.0 Å². The van der Waals surface area contributed by atoms with Crippen LogP contribution in [-0.2, 0) is 25.8 Å². The summed E-state index contributed by atoms with van der Waals surface area (Å²) in [5.74, 6) is 4.36. The number of rotatable bonds is 5. The second-order valence-corrected chi connectivity index (χ2v) is 19.3. The Hall–Kier alpha value is -5.21. The van der Waals surface area contributed by atoms with E-state index in [0.717, 1.165) is 12.8 Å². The molecule has 0 saturated heterocycles. The maximum absolute atomic E-state index is 12.9. The number of methoxy groups -OCH3 is 1. The van der Waals surface area contributed by atoms with Gasteiger partial charge in [-0.05, 0) is 146 Å². The lowest BCUT2D eigenvalue weighted by Crippen LogP contribution is -2.30. The summed E-state index contributed by atoms with van der Waals surface area (Å²) in [5.41, 5.74) is 20.9. The first kappa shape index (κ1) is 25.7. The maximum atomic E-state index is 12.9. The van der Waals surface area contributed by atoms with Gasteiger partial charge in [-0.15, -0.1) is 0 Å². The van der Waals surface area contributed by atoms with Gasteiger partial charge in [0.2, 0.25) is 0 Å². The van der Waals surface area contributed by atoms with Crippen LogP contribution in [0.4, 0.5) is 0 Å². The average Bonchev–Trinajstić information content (AvgIpc) is 3.86. The molecule has 10 unspecified atom stereocenters. The number of hydrogen-bond acceptors (Lipinski definition) is 2. The van der Waals surface area contributed by atoms with Crippen molar-refractivity contribution in [3.63, 3.8) is 0 Å². The highest BCUT2D eigenvalue weighted by atomic mass is 16.5. The monoisotopic (exact) mass is 688 g/mol. The van der Waals surface area contributed by atoms with Crippen molar-refractivity contribution in [3.05, 3.63) is 168 Å². The van der Waals surface area contributed by atoms with Crippen molar-refractivity contribution in [2.75, 3.05) is 7.11 Å². The summed E-state index contributed by atoms with van der Waals surface area (Å²) >= 11 is 0. The number of benzene rings is 5. The standard InChI is InChI=1S/C52H32O2/c1-54-31(53)8-5-19-50(20-6-3-2-4-7-20)51-29-17-18-30-28-16-14-26-24-12-10-22-21-9-11-23-25-13-15-27(29)38-36(25)41-34(23)32(21)40-33(22)35(24)42-37(26)39(28)49(52(30,50)51)47-45(42)43(40)44(41)46(47)48(38)51/h2-4,6-7,9-18,21-24,32-35H,5,8,19H2,1H3. The van der Waals surface area contributed by atoms with Crippen LogP contribution in [0.2, 0.25) is 0 Å². The normalized spacial score (nSPS) is 39.4. The zero-order valence-corrected chi connectivity index (χ0v) is 29.7. The predicted octanol–water partition coefficient (Wildman–Crippen LogP) is 8.08. The van der Waals surface area contributed by atoms with Gasteiger partial charge in [0.25, 0.3) is 0 Å². The topological polar surface area (TPSA) is 26.3 Å². The molecule has 0 amide bonds. The van der Waals surface area contributed by atoms with E-state index in [2.05, 4.69) is 91.1 Å². The zero-order chi connectivity index (χ0) is 34.3. The molecule has 13 aliphatic rings. The minimum absolute atomic E-state index is 0.0941. The molecule has 0 bridgehead atoms. The molecule has 10 atom stereocenters. The molecule has 5 aromatic rings. The van der Waals surface area contributed by atoms with E-state index in [-0.39, 0.29) is 22.2 Å². The highest BCUT2D eigenvalue weighted by Gasteiger charge is 2.93. The molecule has 5 aromatic carbocycles. The number of allylic oxidation sites excluding steroid dienone is 7. The van der Waals surface area contributed by atoms with Crippen LogP contribution in [0, 0.1) is 34.1 Å². The number of carbonyl (C=O) groups excluding carboxylic acids is 1. The Labute approximate surface area is 310 Å². The number of ether oxygens (including phenoxy) is 1. The van der Waals surface area contributed by atoms with Crippen LogP contribution in [0.15, 0.2) is 96.6 Å². The minimum Gasteiger partial charge on any atom is -0.469 e. The van der Waals surface area contributed by atoms with E-state index in [1.807, 2.05) is 5.57 Å². The van der Waals surface area contributed by atoms with Gasteiger partial charge in [-0.3, -0.25) is 4.79 Å². The Morgan fingerprint density at radius 3 is 1.80 bits per heavy atom. The molecule has 2 spiro atoms. The van der Waals surface area contributed by atoms with Gasteiger partial charge < -0.3 is 4.74 Å². The third-order valence-corrected chi connectivity index (χ3v) is 18.9. The highest BCUT2D eigenvalue weighted by Crippen LogP contribution is 2.92. The number of carbonyl (C=O) groups is 1. The third kappa shape index (κ3) is 1.83. The molecule has 13 aliphatic carbocycles. The fraction of sp³-hybridized carbons (Fsp3) is 0.288. The summed E-state index contributed by atoms with van der Waals surface area (Å²) in [6.45, 7) is 0. The second kappa shape index (κ2) is 7.05. The quantitative estimate of drug-likeness (QED) is 0.135. The van der Waals surface area contributed by atoms with Crippen molar-refractivity contribution in [1.29, 1.82) is 0 Å². The molecule has 18 rings (SSSR count). The van der Waals surface area contributed by atoms with Gasteiger partial charge in [-0.2, -0.15) is 0 Å². The summed E-state index contributed by atoms with van der Waals surface area (Å²) < 4.78 is 5.31. The molecule has 252 valence electrons. The van der Waals surface area contributed by atoms with Crippen molar-refractivity contribution in [3.8, 4) is 0 Å². The smallest absolute Gasteiger partial charge is 0.305 e. The summed E-state index contributed by atoms with van der Waals surface area (Å²) in [7, 11) is 1.55. The van der Waals surface area contributed by atoms with Crippen LogP contribution in [0.5, 0.6) is 0 Å². The first-order chi connectivity index (χ1) is 26.7. The zero-order valence-electron chi connectivity index (χ0n) is 29.7. The Balaban J connectivity index is 1.16. The van der Waals surface area contributed by atoms with Crippen molar-refractivity contribution < 1.29 is 9.53 Å². The fourth-order valence-electron chi connectivity index (χ4n) is 18.4. The Kier molecular flexibility index (Phi) is 3.36. The van der Waals surface area contributed by atoms with E-state index in [1.54, 1.807) is 100 Å². The molecule has 2 saturated carbocycles. The number of esters is 1. The second-order valence-electron chi connectivity index (χ2n) is 19.3. The van der Waals surface area contributed by atoms with Crippen molar-refractivity contribution in [2.24, 2.45) is 23.7 Å². The molecular formula is C52H32O2. The van der Waals surface area contributed by atoms with Gasteiger partial charge in [0.05, 0.1) is 7.11 Å². The Bertz CT molecular complexity index is 3230. The van der Waals surface area contributed by atoms with Crippen LogP contribution >= 0.6 is 0 Å². The largest absolute Gasteiger partial charge is 0.469 e. The summed E-state index contributed by atoms with van der Waals surface area (Å²) in [6, 6.07) is 22.0. The van der Waals surface area contributed by atoms with E-state index in [9.17, 15) is 4.79 Å². The first-order valence-electron chi connectivity index (χ1n) is 20.7. The maximum Gasteiger partial charge on any atom is 0.305 e. The predicted molar refractivity (Wildman–Crippen MR) is 207 cm³/mol. The Morgan fingerprint density at radius 2 is 1.24 bits per heavy atom. The SMILES string of the molecule is COC(=O)CCCC1(c2ccccc2)C23C4=c5ccc6c7c8c9c(c2c57)=c2c5c7c%10c(ccc%11c%10c2C13C=%11C=C4)C1C=CC2C3C=CC6C8C3C(=C95)C2C71. The van der Waals surface area contributed by atoms with Gasteiger partial charge in [0, 0.05) is 46.3 Å². The molecule has 0 aromatic heterocycles. The highest BCUT2D eigenvalue weighted by molar-refractivity contribution is 6.21. The van der Waals surface area contributed by atoms with Crippen molar-refractivity contribution in [1.82, 2.24) is 0 Å². The minimum atomic E-state index is -0.228. The molecule has 0 radical (unpaired) electrons. The average molecular weight is 689 g/mol. The van der Waals surface area contributed by atoms with E-state index >= 15 is 0 Å². The molecule has 2 nitrogen and oxygen atoms in total. The van der Waals surface area contributed by atoms with Crippen LogP contribution in [-0.4, -0.2) is 13.1 Å². The molecule has 0 aliphatic heterocycles. The van der Waals surface area contributed by atoms with E-state index in [4.69, 9.17) is 4.74 Å². The van der Waals surface area contributed by atoms with Gasteiger partial charge >= 0.3 is 5.97 Å². The van der Waals surface area contributed by atoms with Crippen LogP contribution in [0.3, 0.4) is 0 Å². The molecule has 2 heteroatoms. The number of hydrogen-bond donors (Lipinski definition) is 0. The molecular weight excluding hydrogens is 657 g/mol. The van der Waals surface area contributed by atoms with Gasteiger partial charge in [-0.1, -0.05) is 96.6 Å². The lowest BCUT2D eigenvalue weighted by molar-refractivity contribution is -0.140. The first-order valence-corrected chi connectivity index (χ1v) is 20.7. The summed E-state index contributed by atoms with van der Waals surface area (Å²) in [6.07, 6.45) is 18.2. The van der Waals surface area contributed by atoms with Gasteiger partial charge in [0.15, 0.2) is 0 Å². The lowest BCUT2D eigenvalue weighted by atomic mass is 9.60. The van der Waals surface area contributed by atoms with Crippen LogP contribution in [0.25, 0.3) is 38.3 Å². The fourth-order valence-corrected chi connectivity index (χ4v) is 18.4. The lowest BCUT2D eigenvalue weighted by Gasteiger charge is -2.43. The molecule has 0 N–H and O–H groups in total. The molecule has 2 fully saturated rings. The number of fused-ring (bicyclic) bond motifs is 3. The van der Waals surface area contributed by atoms with Crippen molar-refractivity contribution >= 4 is 44.2 Å². The van der Waals surface area contributed by atoms with Crippen LogP contribution < -0.4 is 10.4 Å². The van der Waals surface area contributed by atoms with Crippen molar-refractivity contribution in [2.45, 2.75) is 59.2 Å². The molecule has 54 heavy (non-hydrogen) atoms. The van der Waals surface area contributed by atoms with E-state index < -0.39 is 0 Å². The van der Waals surface area contributed by atoms with Crippen LogP contribution in [0.1, 0.15) is 93.0 Å².